The molecule has 1 aliphatic heterocycles. The summed E-state index contributed by atoms with van der Waals surface area (Å²) in [5, 5.41) is 2.93. The molecule has 4 rings (SSSR count). The van der Waals surface area contributed by atoms with E-state index >= 15 is 0 Å². The van der Waals surface area contributed by atoms with Gasteiger partial charge in [0.2, 0.25) is 0 Å². The zero-order chi connectivity index (χ0) is 19.5. The quantitative estimate of drug-likeness (QED) is 0.754. The molecule has 0 unspecified atom stereocenters. The van der Waals surface area contributed by atoms with Crippen molar-refractivity contribution in [2.75, 3.05) is 50.6 Å². The number of nitrogens with zero attached hydrogens (tertiary/aromatic N) is 4. The van der Waals surface area contributed by atoms with Crippen molar-refractivity contribution in [2.24, 2.45) is 0 Å². The topological polar surface area (TPSA) is 70.6 Å². The summed E-state index contributed by atoms with van der Waals surface area (Å²) < 4.78 is 5.17. The van der Waals surface area contributed by atoms with Crippen LogP contribution in [0, 0.1) is 0 Å². The van der Waals surface area contributed by atoms with Crippen LogP contribution in [0.15, 0.2) is 48.5 Å². The number of amides is 1. The Balaban J connectivity index is 1.68. The molecule has 0 bridgehead atoms. The van der Waals surface area contributed by atoms with Gasteiger partial charge in [0, 0.05) is 31.9 Å². The number of hydrogen-bond donors (Lipinski definition) is 1. The first-order valence-corrected chi connectivity index (χ1v) is 9.30. The molecule has 3 aromatic rings. The van der Waals surface area contributed by atoms with E-state index in [4.69, 9.17) is 9.72 Å². The number of anilines is 2. The van der Waals surface area contributed by atoms with E-state index in [1.165, 1.54) is 0 Å². The Labute approximate surface area is 164 Å². The minimum Gasteiger partial charge on any atom is -0.497 e. The first-order chi connectivity index (χ1) is 13.6. The summed E-state index contributed by atoms with van der Waals surface area (Å²) in [6.45, 7) is 3.47. The average Bonchev–Trinajstić information content (AvgIpc) is 2.74. The Morgan fingerprint density at radius 3 is 2.25 bits per heavy atom. The molecule has 7 nitrogen and oxygen atoms in total. The molecule has 7 heteroatoms. The van der Waals surface area contributed by atoms with Crippen LogP contribution in [0.3, 0.4) is 0 Å². The van der Waals surface area contributed by atoms with Gasteiger partial charge in [0.25, 0.3) is 5.91 Å². The number of hydrogen-bond acceptors (Lipinski definition) is 6. The highest BCUT2D eigenvalue weighted by Gasteiger charge is 2.24. The van der Waals surface area contributed by atoms with Gasteiger partial charge in [-0.2, -0.15) is 0 Å². The maximum absolute atomic E-state index is 13.1. The number of likely N-dealkylation sites (N-methyl/N-ethyl adjacent to an activating group) is 1. The van der Waals surface area contributed by atoms with E-state index in [2.05, 4.69) is 27.1 Å². The number of fused-ring (bicyclic) bond motifs is 1. The van der Waals surface area contributed by atoms with E-state index in [0.717, 1.165) is 37.4 Å². The Hall–Kier alpha value is -3.19. The van der Waals surface area contributed by atoms with Crippen LogP contribution in [-0.4, -0.2) is 61.1 Å². The lowest BCUT2D eigenvalue weighted by Crippen LogP contribution is -2.45. The van der Waals surface area contributed by atoms with Crippen LogP contribution in [0.2, 0.25) is 0 Å². The second-order valence-corrected chi connectivity index (χ2v) is 6.86. The lowest BCUT2D eigenvalue weighted by molar-refractivity contribution is 0.102. The van der Waals surface area contributed by atoms with Crippen LogP contribution in [0.25, 0.3) is 11.0 Å². The first kappa shape index (κ1) is 18.2. The largest absolute Gasteiger partial charge is 0.497 e. The lowest BCUT2D eigenvalue weighted by Gasteiger charge is -2.33. The molecule has 0 saturated carbocycles. The van der Waals surface area contributed by atoms with E-state index in [1.807, 2.05) is 36.4 Å². The molecule has 2 heterocycles. The number of para-hydroxylation sites is 2. The van der Waals surface area contributed by atoms with Gasteiger partial charge in [0.05, 0.1) is 18.1 Å². The molecule has 1 aliphatic rings. The molecular formula is C21H23N5O2. The Morgan fingerprint density at radius 2 is 1.61 bits per heavy atom. The van der Waals surface area contributed by atoms with Crippen LogP contribution >= 0.6 is 0 Å². The predicted molar refractivity (Wildman–Crippen MR) is 110 cm³/mol. The van der Waals surface area contributed by atoms with Crippen LogP contribution in [0.5, 0.6) is 5.75 Å². The fourth-order valence-electron chi connectivity index (χ4n) is 3.25. The summed E-state index contributed by atoms with van der Waals surface area (Å²) in [4.78, 5) is 26.9. The molecule has 0 atom stereocenters. The molecule has 1 fully saturated rings. The molecule has 28 heavy (non-hydrogen) atoms. The number of aromatic nitrogens is 2. The SMILES string of the molecule is COc1ccc(NC(=O)c2nc3ccccc3nc2N2CCN(C)CC2)cc1. The highest BCUT2D eigenvalue weighted by Crippen LogP contribution is 2.23. The van der Waals surface area contributed by atoms with E-state index < -0.39 is 0 Å². The standard InChI is InChI=1S/C21H23N5O2/c1-25-11-13-26(14-12-25)20-19(23-17-5-3-4-6-18(17)24-20)21(27)22-15-7-9-16(28-2)10-8-15/h3-10H,11-14H2,1-2H3,(H,22,27). The van der Waals surface area contributed by atoms with Gasteiger partial charge in [-0.3, -0.25) is 4.79 Å². The molecule has 1 aromatic heterocycles. The van der Waals surface area contributed by atoms with Crippen LogP contribution in [0.1, 0.15) is 10.5 Å². The molecule has 0 aliphatic carbocycles. The molecular weight excluding hydrogens is 354 g/mol. The summed E-state index contributed by atoms with van der Waals surface area (Å²) in [5.41, 5.74) is 2.53. The van der Waals surface area contributed by atoms with Gasteiger partial charge in [-0.05, 0) is 43.4 Å². The Kier molecular flexibility index (Phi) is 5.08. The maximum atomic E-state index is 13.1. The molecule has 1 N–H and O–H groups in total. The molecule has 0 radical (unpaired) electrons. The van der Waals surface area contributed by atoms with Crippen molar-refractivity contribution in [1.82, 2.24) is 14.9 Å². The van der Waals surface area contributed by atoms with Crippen LogP contribution in [0.4, 0.5) is 11.5 Å². The van der Waals surface area contributed by atoms with Crippen molar-refractivity contribution in [3.63, 3.8) is 0 Å². The van der Waals surface area contributed by atoms with E-state index in [9.17, 15) is 4.79 Å². The van der Waals surface area contributed by atoms with Crippen molar-refractivity contribution in [1.29, 1.82) is 0 Å². The Bertz CT molecular complexity index is 982. The molecule has 144 valence electrons. The highest BCUT2D eigenvalue weighted by molar-refractivity contribution is 6.07. The minimum atomic E-state index is -0.266. The highest BCUT2D eigenvalue weighted by atomic mass is 16.5. The third-order valence-corrected chi connectivity index (χ3v) is 4.92. The van der Waals surface area contributed by atoms with Gasteiger partial charge in [-0.15, -0.1) is 0 Å². The molecule has 0 spiro atoms. The zero-order valence-corrected chi connectivity index (χ0v) is 16.1. The fraction of sp³-hybridized carbons (Fsp3) is 0.286. The van der Waals surface area contributed by atoms with Crippen molar-refractivity contribution in [3.8, 4) is 5.75 Å². The molecule has 1 saturated heterocycles. The zero-order valence-electron chi connectivity index (χ0n) is 16.1. The monoisotopic (exact) mass is 377 g/mol. The van der Waals surface area contributed by atoms with Crippen LogP contribution < -0.4 is 15.0 Å². The van der Waals surface area contributed by atoms with Crippen molar-refractivity contribution < 1.29 is 9.53 Å². The van der Waals surface area contributed by atoms with Crippen LogP contribution in [-0.2, 0) is 0 Å². The number of nitrogens with one attached hydrogen (secondary N) is 1. The van der Waals surface area contributed by atoms with Gasteiger partial charge >= 0.3 is 0 Å². The summed E-state index contributed by atoms with van der Waals surface area (Å²) in [7, 11) is 3.71. The smallest absolute Gasteiger partial charge is 0.278 e. The number of carbonyl (C=O) groups excluding carboxylic acids is 1. The molecule has 2 aromatic carbocycles. The third kappa shape index (κ3) is 3.75. The number of ether oxygens (including phenoxy) is 1. The van der Waals surface area contributed by atoms with E-state index in [0.29, 0.717) is 22.7 Å². The predicted octanol–water partition coefficient (Wildman–Crippen LogP) is 2.64. The number of carbonyl (C=O) groups is 1. The summed E-state index contributed by atoms with van der Waals surface area (Å²) >= 11 is 0. The summed E-state index contributed by atoms with van der Waals surface area (Å²) in [6.07, 6.45) is 0. The first-order valence-electron chi connectivity index (χ1n) is 9.30. The van der Waals surface area contributed by atoms with Gasteiger partial charge in [-0.25, -0.2) is 9.97 Å². The second kappa shape index (κ2) is 7.82. The normalized spacial score (nSPS) is 14.9. The van der Waals surface area contributed by atoms with Crippen molar-refractivity contribution in [2.45, 2.75) is 0 Å². The van der Waals surface area contributed by atoms with Gasteiger partial charge in [-0.1, -0.05) is 12.1 Å². The Morgan fingerprint density at radius 1 is 0.964 bits per heavy atom. The second-order valence-electron chi connectivity index (χ2n) is 6.86. The number of methoxy groups -OCH3 is 1. The average molecular weight is 377 g/mol. The molecule has 1 amide bonds. The lowest BCUT2D eigenvalue weighted by atomic mass is 10.2. The third-order valence-electron chi connectivity index (χ3n) is 4.92. The fourth-order valence-corrected chi connectivity index (χ4v) is 3.25. The van der Waals surface area contributed by atoms with E-state index in [1.54, 1.807) is 19.2 Å². The van der Waals surface area contributed by atoms with E-state index in [-0.39, 0.29) is 5.91 Å². The van der Waals surface area contributed by atoms with Gasteiger partial charge in [0.1, 0.15) is 5.75 Å². The van der Waals surface area contributed by atoms with Crippen molar-refractivity contribution >= 4 is 28.4 Å². The number of benzene rings is 2. The summed E-state index contributed by atoms with van der Waals surface area (Å²) in [5.74, 6) is 1.11. The van der Waals surface area contributed by atoms with Gasteiger partial charge in [0.15, 0.2) is 11.5 Å². The maximum Gasteiger partial charge on any atom is 0.278 e. The van der Waals surface area contributed by atoms with Crippen molar-refractivity contribution in [3.05, 3.63) is 54.2 Å². The number of piperazine rings is 1. The minimum absolute atomic E-state index is 0.266. The summed E-state index contributed by atoms with van der Waals surface area (Å²) in [6, 6.07) is 14.9. The van der Waals surface area contributed by atoms with Gasteiger partial charge < -0.3 is 19.9 Å². The number of rotatable bonds is 4.